The van der Waals surface area contributed by atoms with E-state index in [0.717, 1.165) is 0 Å². The van der Waals surface area contributed by atoms with E-state index in [1.165, 1.54) is 0 Å². The van der Waals surface area contributed by atoms with Crippen LogP contribution in [-0.2, 0) is 0 Å². The number of halogens is 1. The Morgan fingerprint density at radius 3 is 2.78 bits per heavy atom. The number of guanidine groups is 1. The van der Waals surface area contributed by atoms with E-state index >= 15 is 0 Å². The third kappa shape index (κ3) is 1.50. The van der Waals surface area contributed by atoms with Crippen molar-refractivity contribution in [2.75, 3.05) is 0 Å². The van der Waals surface area contributed by atoms with Gasteiger partial charge in [0.15, 0.2) is 5.96 Å². The summed E-state index contributed by atoms with van der Waals surface area (Å²) in [7, 11) is 0. The maximum Gasteiger partial charge on any atom is 0.196 e. The molecule has 0 aliphatic carbocycles. The predicted molar refractivity (Wildman–Crippen MR) is 36.7 cm³/mol. The minimum Gasteiger partial charge on any atom is -0.385 e. The monoisotopic (exact) mass is 146 g/mol. The molecule has 4 nitrogen and oxygen atoms in total. The van der Waals surface area contributed by atoms with Crippen molar-refractivity contribution in [1.82, 2.24) is 5.32 Å². The molecule has 1 atom stereocenters. The number of rotatable bonds is 0. The molecule has 0 amide bonds. The van der Waals surface area contributed by atoms with Gasteiger partial charge in [0.25, 0.3) is 0 Å². The summed E-state index contributed by atoms with van der Waals surface area (Å²) < 4.78 is 0. The molecule has 50 valence electrons. The van der Waals surface area contributed by atoms with E-state index in [1.54, 1.807) is 6.08 Å². The summed E-state index contributed by atoms with van der Waals surface area (Å²) in [5.41, 5.74) is 10.1. The van der Waals surface area contributed by atoms with Crippen LogP contribution in [0.2, 0.25) is 0 Å². The number of nitrogens with two attached hydrogens (primary N) is 2. The Morgan fingerprint density at radius 1 is 1.67 bits per heavy atom. The molecular weight excluding hydrogens is 140 g/mol. The van der Waals surface area contributed by atoms with Crippen LogP contribution in [0.15, 0.2) is 16.9 Å². The summed E-state index contributed by atoms with van der Waals surface area (Å²) in [5.74, 6) is 0.706. The highest BCUT2D eigenvalue weighted by Crippen LogP contribution is 2.03. The van der Waals surface area contributed by atoms with Gasteiger partial charge in [-0.1, -0.05) is 11.6 Å². The SMILES string of the molecule is NC1=CC(Cl)N=C(N)N1. The molecule has 5 N–H and O–H groups in total. The summed E-state index contributed by atoms with van der Waals surface area (Å²) in [5, 5.41) is 2.59. The van der Waals surface area contributed by atoms with E-state index in [4.69, 9.17) is 23.1 Å². The zero-order valence-corrected chi connectivity index (χ0v) is 5.39. The van der Waals surface area contributed by atoms with Gasteiger partial charge in [-0.15, -0.1) is 0 Å². The molecule has 0 aromatic heterocycles. The molecule has 1 aliphatic heterocycles. The van der Waals surface area contributed by atoms with Gasteiger partial charge >= 0.3 is 0 Å². The predicted octanol–water partition coefficient (Wildman–Crippen LogP) is -0.731. The van der Waals surface area contributed by atoms with Crippen molar-refractivity contribution in [3.8, 4) is 0 Å². The van der Waals surface area contributed by atoms with E-state index in [2.05, 4.69) is 10.3 Å². The van der Waals surface area contributed by atoms with Gasteiger partial charge in [0, 0.05) is 0 Å². The zero-order chi connectivity index (χ0) is 6.85. The van der Waals surface area contributed by atoms with Gasteiger partial charge in [0.1, 0.15) is 11.3 Å². The summed E-state index contributed by atoms with van der Waals surface area (Å²) in [4.78, 5) is 3.73. The third-order valence-corrected chi connectivity index (χ3v) is 1.08. The first-order valence-electron chi connectivity index (χ1n) is 2.40. The van der Waals surface area contributed by atoms with Crippen molar-refractivity contribution in [2.45, 2.75) is 5.50 Å². The minimum absolute atomic E-state index is 0.259. The quantitative estimate of drug-likeness (QED) is 0.312. The second-order valence-corrected chi connectivity index (χ2v) is 2.08. The summed E-state index contributed by atoms with van der Waals surface area (Å²) in [6.07, 6.45) is 1.57. The average Bonchev–Trinajstić information content (AvgIpc) is 1.59. The summed E-state index contributed by atoms with van der Waals surface area (Å²) >= 11 is 5.54. The highest BCUT2D eigenvalue weighted by atomic mass is 35.5. The summed E-state index contributed by atoms with van der Waals surface area (Å²) in [6, 6.07) is 0. The maximum absolute atomic E-state index is 5.54. The molecule has 1 unspecified atom stereocenters. The van der Waals surface area contributed by atoms with Gasteiger partial charge < -0.3 is 16.8 Å². The van der Waals surface area contributed by atoms with E-state index in [1.807, 2.05) is 0 Å². The third-order valence-electron chi connectivity index (χ3n) is 0.852. The van der Waals surface area contributed by atoms with Gasteiger partial charge in [-0.05, 0) is 6.08 Å². The molecule has 0 aromatic carbocycles. The largest absolute Gasteiger partial charge is 0.385 e. The van der Waals surface area contributed by atoms with Crippen LogP contribution >= 0.6 is 11.6 Å². The van der Waals surface area contributed by atoms with Gasteiger partial charge in [0.2, 0.25) is 0 Å². The van der Waals surface area contributed by atoms with Crippen LogP contribution in [0.25, 0.3) is 0 Å². The minimum atomic E-state index is -0.425. The maximum atomic E-state index is 5.54. The van der Waals surface area contributed by atoms with Gasteiger partial charge in [-0.25, -0.2) is 4.99 Å². The van der Waals surface area contributed by atoms with Crippen molar-refractivity contribution in [1.29, 1.82) is 0 Å². The average molecular weight is 147 g/mol. The standard InChI is InChI=1S/C4H7ClN4/c5-2-1-3(6)9-4(7)8-2/h1-2H,6H2,(H3,7,8,9). The molecule has 1 rings (SSSR count). The molecule has 0 bridgehead atoms. The Morgan fingerprint density at radius 2 is 2.33 bits per heavy atom. The molecule has 0 saturated carbocycles. The first kappa shape index (κ1) is 6.22. The Kier molecular flexibility index (Phi) is 1.48. The van der Waals surface area contributed by atoms with Crippen molar-refractivity contribution < 1.29 is 0 Å². The number of hydrogen-bond donors (Lipinski definition) is 3. The number of alkyl halides is 1. The summed E-state index contributed by atoms with van der Waals surface area (Å²) in [6.45, 7) is 0. The van der Waals surface area contributed by atoms with Crippen LogP contribution in [0, 0.1) is 0 Å². The second-order valence-electron chi connectivity index (χ2n) is 1.63. The molecule has 0 radical (unpaired) electrons. The molecule has 1 heterocycles. The van der Waals surface area contributed by atoms with E-state index in [0.29, 0.717) is 5.82 Å². The molecule has 0 saturated heterocycles. The van der Waals surface area contributed by atoms with Crippen molar-refractivity contribution in [3.05, 3.63) is 11.9 Å². The molecule has 1 aliphatic rings. The fraction of sp³-hybridized carbons (Fsp3) is 0.250. The number of nitrogens with zero attached hydrogens (tertiary/aromatic N) is 1. The van der Waals surface area contributed by atoms with Gasteiger partial charge in [0.05, 0.1) is 0 Å². The first-order chi connectivity index (χ1) is 4.18. The molecule has 9 heavy (non-hydrogen) atoms. The second kappa shape index (κ2) is 2.14. The van der Waals surface area contributed by atoms with Gasteiger partial charge in [-0.2, -0.15) is 0 Å². The van der Waals surface area contributed by atoms with Crippen molar-refractivity contribution in [2.24, 2.45) is 16.5 Å². The first-order valence-corrected chi connectivity index (χ1v) is 2.84. The molecule has 0 aromatic rings. The lowest BCUT2D eigenvalue weighted by Crippen LogP contribution is -2.37. The normalized spacial score (nSPS) is 26.1. The highest BCUT2D eigenvalue weighted by Gasteiger charge is 2.06. The topological polar surface area (TPSA) is 76.4 Å². The van der Waals surface area contributed by atoms with Crippen molar-refractivity contribution >= 4 is 17.6 Å². The zero-order valence-electron chi connectivity index (χ0n) is 4.63. The fourth-order valence-corrected chi connectivity index (χ4v) is 0.781. The van der Waals surface area contributed by atoms with Crippen LogP contribution in [0.5, 0.6) is 0 Å². The smallest absolute Gasteiger partial charge is 0.196 e. The lowest BCUT2D eigenvalue weighted by Gasteiger charge is -2.11. The van der Waals surface area contributed by atoms with E-state index in [-0.39, 0.29) is 5.96 Å². The van der Waals surface area contributed by atoms with Crippen LogP contribution in [0.1, 0.15) is 0 Å². The molecule has 0 fully saturated rings. The molecular formula is C4H7ClN4. The van der Waals surface area contributed by atoms with Gasteiger partial charge in [-0.3, -0.25) is 0 Å². The van der Waals surface area contributed by atoms with Crippen LogP contribution in [0.4, 0.5) is 0 Å². The van der Waals surface area contributed by atoms with E-state index in [9.17, 15) is 0 Å². The number of hydrogen-bond acceptors (Lipinski definition) is 4. The van der Waals surface area contributed by atoms with Crippen LogP contribution < -0.4 is 16.8 Å². The Labute approximate surface area is 57.6 Å². The highest BCUT2D eigenvalue weighted by molar-refractivity contribution is 6.22. The Bertz CT molecular complexity index is 155. The lowest BCUT2D eigenvalue weighted by atomic mass is 10.5. The fourth-order valence-electron chi connectivity index (χ4n) is 0.540. The Hall–Kier alpha value is -0.900. The molecule has 0 spiro atoms. The number of nitrogens with one attached hydrogen (secondary N) is 1. The lowest BCUT2D eigenvalue weighted by molar-refractivity contribution is 0.945. The Balaban J connectivity index is 2.69. The van der Waals surface area contributed by atoms with Crippen LogP contribution in [0.3, 0.4) is 0 Å². The molecule has 5 heteroatoms. The van der Waals surface area contributed by atoms with E-state index < -0.39 is 5.50 Å². The van der Waals surface area contributed by atoms with Crippen LogP contribution in [-0.4, -0.2) is 11.5 Å². The number of aliphatic imine (C=N–C) groups is 1. The van der Waals surface area contributed by atoms with Crippen molar-refractivity contribution in [3.63, 3.8) is 0 Å².